The van der Waals surface area contributed by atoms with E-state index in [2.05, 4.69) is 88.0 Å². The van der Waals surface area contributed by atoms with Crippen LogP contribution in [0.15, 0.2) is 60.8 Å². The Morgan fingerprint density at radius 1 is 0.882 bits per heavy atom. The van der Waals surface area contributed by atoms with E-state index in [1.807, 2.05) is 0 Å². The highest BCUT2D eigenvalue weighted by Crippen LogP contribution is 2.22. The molecule has 0 atom stereocenters. The first-order chi connectivity index (χ1) is 8.34. The minimum atomic E-state index is 0.935. The van der Waals surface area contributed by atoms with Gasteiger partial charge < -0.3 is 4.57 Å². The SMILES string of the molecule is Ic1cccc2ccn(Cc3ccccc3)c12. The highest BCUT2D eigenvalue weighted by atomic mass is 127. The van der Waals surface area contributed by atoms with E-state index in [9.17, 15) is 0 Å². The molecular weight excluding hydrogens is 321 g/mol. The fraction of sp³-hybridized carbons (Fsp3) is 0.0667. The number of halogens is 1. The van der Waals surface area contributed by atoms with Crippen LogP contribution in [0.25, 0.3) is 10.9 Å². The number of hydrogen-bond donors (Lipinski definition) is 0. The van der Waals surface area contributed by atoms with E-state index in [0.717, 1.165) is 6.54 Å². The molecule has 1 nitrogen and oxygen atoms in total. The highest BCUT2D eigenvalue weighted by Gasteiger charge is 2.04. The van der Waals surface area contributed by atoms with Crippen molar-refractivity contribution in [2.75, 3.05) is 0 Å². The summed E-state index contributed by atoms with van der Waals surface area (Å²) in [6, 6.07) is 19.2. The summed E-state index contributed by atoms with van der Waals surface area (Å²) < 4.78 is 3.62. The summed E-state index contributed by atoms with van der Waals surface area (Å²) in [5.41, 5.74) is 2.67. The van der Waals surface area contributed by atoms with Crippen molar-refractivity contribution in [1.82, 2.24) is 4.57 Å². The molecule has 1 aromatic heterocycles. The second-order valence-corrected chi connectivity index (χ2v) is 5.27. The summed E-state index contributed by atoms with van der Waals surface area (Å²) >= 11 is 2.40. The van der Waals surface area contributed by atoms with Crippen LogP contribution < -0.4 is 0 Å². The van der Waals surface area contributed by atoms with Crippen LogP contribution in [0.3, 0.4) is 0 Å². The van der Waals surface area contributed by atoms with Gasteiger partial charge in [0, 0.05) is 21.7 Å². The molecule has 0 fully saturated rings. The molecule has 1 heterocycles. The number of fused-ring (bicyclic) bond motifs is 1. The van der Waals surface area contributed by atoms with Gasteiger partial charge in [0.1, 0.15) is 0 Å². The molecule has 0 aliphatic rings. The first-order valence-corrected chi connectivity index (χ1v) is 6.70. The molecule has 0 saturated carbocycles. The standard InChI is InChI=1S/C15H12IN/c16-14-8-4-7-13-9-10-17(15(13)14)11-12-5-2-1-3-6-12/h1-10H,11H2. The molecule has 3 aromatic rings. The van der Waals surface area contributed by atoms with Gasteiger partial charge >= 0.3 is 0 Å². The molecule has 84 valence electrons. The molecule has 0 aliphatic carbocycles. The first-order valence-electron chi connectivity index (χ1n) is 5.62. The molecule has 0 spiro atoms. The molecule has 0 bridgehead atoms. The Bertz CT molecular complexity index is 640. The maximum Gasteiger partial charge on any atom is 0.0619 e. The molecule has 0 radical (unpaired) electrons. The van der Waals surface area contributed by atoms with Crippen molar-refractivity contribution in [2.24, 2.45) is 0 Å². The van der Waals surface area contributed by atoms with E-state index < -0.39 is 0 Å². The van der Waals surface area contributed by atoms with Gasteiger partial charge in [-0.1, -0.05) is 42.5 Å². The van der Waals surface area contributed by atoms with Crippen molar-refractivity contribution in [3.05, 3.63) is 69.9 Å². The van der Waals surface area contributed by atoms with Gasteiger partial charge in [0.05, 0.1) is 5.52 Å². The summed E-state index contributed by atoms with van der Waals surface area (Å²) in [4.78, 5) is 0. The van der Waals surface area contributed by atoms with Gasteiger partial charge in [0.2, 0.25) is 0 Å². The van der Waals surface area contributed by atoms with Crippen molar-refractivity contribution in [3.63, 3.8) is 0 Å². The first kappa shape index (κ1) is 10.8. The van der Waals surface area contributed by atoms with E-state index >= 15 is 0 Å². The zero-order valence-corrected chi connectivity index (χ0v) is 11.5. The monoisotopic (exact) mass is 333 g/mol. The van der Waals surface area contributed by atoms with Crippen molar-refractivity contribution in [3.8, 4) is 0 Å². The molecule has 0 N–H and O–H groups in total. The smallest absolute Gasteiger partial charge is 0.0619 e. The molecule has 3 rings (SSSR count). The average Bonchev–Trinajstić information content (AvgIpc) is 2.75. The van der Waals surface area contributed by atoms with Crippen LogP contribution in [-0.2, 0) is 6.54 Å². The lowest BCUT2D eigenvalue weighted by molar-refractivity contribution is 0.835. The molecule has 0 saturated heterocycles. The summed E-state index contributed by atoms with van der Waals surface area (Å²) in [7, 11) is 0. The third-order valence-electron chi connectivity index (χ3n) is 2.93. The lowest BCUT2D eigenvalue weighted by atomic mass is 10.2. The maximum absolute atomic E-state index is 2.40. The van der Waals surface area contributed by atoms with Crippen molar-refractivity contribution in [2.45, 2.75) is 6.54 Å². The van der Waals surface area contributed by atoms with E-state index in [0.29, 0.717) is 0 Å². The van der Waals surface area contributed by atoms with Crippen LogP contribution in [0.4, 0.5) is 0 Å². The number of nitrogens with zero attached hydrogens (tertiary/aromatic N) is 1. The van der Waals surface area contributed by atoms with Gasteiger partial charge in [-0.25, -0.2) is 0 Å². The average molecular weight is 333 g/mol. The fourth-order valence-corrected chi connectivity index (χ4v) is 2.96. The Kier molecular flexibility index (Phi) is 2.89. The van der Waals surface area contributed by atoms with E-state index in [1.54, 1.807) is 0 Å². The number of aromatic nitrogens is 1. The second kappa shape index (κ2) is 4.53. The topological polar surface area (TPSA) is 4.93 Å². The molecule has 0 amide bonds. The van der Waals surface area contributed by atoms with Gasteiger partial charge in [0.25, 0.3) is 0 Å². The predicted molar refractivity (Wildman–Crippen MR) is 80.2 cm³/mol. The van der Waals surface area contributed by atoms with Crippen molar-refractivity contribution >= 4 is 33.5 Å². The number of rotatable bonds is 2. The molecule has 0 unspecified atom stereocenters. The predicted octanol–water partition coefficient (Wildman–Crippen LogP) is 4.29. The fourth-order valence-electron chi connectivity index (χ4n) is 2.13. The van der Waals surface area contributed by atoms with Crippen LogP contribution in [0.5, 0.6) is 0 Å². The number of para-hydroxylation sites is 1. The van der Waals surface area contributed by atoms with Crippen LogP contribution in [0.2, 0.25) is 0 Å². The van der Waals surface area contributed by atoms with Gasteiger partial charge in [-0.05, 0) is 40.3 Å². The normalized spacial score (nSPS) is 10.9. The summed E-state index contributed by atoms with van der Waals surface area (Å²) in [5.74, 6) is 0. The van der Waals surface area contributed by atoms with Gasteiger partial charge in [0.15, 0.2) is 0 Å². The number of benzene rings is 2. The summed E-state index contributed by atoms with van der Waals surface area (Å²) in [5, 5.41) is 1.31. The van der Waals surface area contributed by atoms with Crippen LogP contribution in [0.1, 0.15) is 5.56 Å². The second-order valence-electron chi connectivity index (χ2n) is 4.11. The zero-order valence-electron chi connectivity index (χ0n) is 9.31. The minimum Gasteiger partial charge on any atom is -0.342 e. The highest BCUT2D eigenvalue weighted by molar-refractivity contribution is 14.1. The van der Waals surface area contributed by atoms with Gasteiger partial charge in [-0.2, -0.15) is 0 Å². The zero-order chi connectivity index (χ0) is 11.7. The summed E-state index contributed by atoms with van der Waals surface area (Å²) in [6.07, 6.45) is 2.17. The quantitative estimate of drug-likeness (QED) is 0.617. The van der Waals surface area contributed by atoms with Crippen LogP contribution in [-0.4, -0.2) is 4.57 Å². The molecule has 2 heteroatoms. The van der Waals surface area contributed by atoms with Crippen molar-refractivity contribution < 1.29 is 0 Å². The summed E-state index contributed by atoms with van der Waals surface area (Å²) in [6.45, 7) is 0.935. The Morgan fingerprint density at radius 2 is 1.71 bits per heavy atom. The Morgan fingerprint density at radius 3 is 2.53 bits per heavy atom. The maximum atomic E-state index is 2.40. The molecule has 2 aromatic carbocycles. The van der Waals surface area contributed by atoms with Crippen molar-refractivity contribution in [1.29, 1.82) is 0 Å². The lowest BCUT2D eigenvalue weighted by Gasteiger charge is -2.06. The van der Waals surface area contributed by atoms with Crippen LogP contribution in [0, 0.1) is 3.57 Å². The number of hydrogen-bond acceptors (Lipinski definition) is 0. The third kappa shape index (κ3) is 2.09. The van der Waals surface area contributed by atoms with Gasteiger partial charge in [-0.15, -0.1) is 0 Å². The Labute approximate surface area is 114 Å². The van der Waals surface area contributed by atoms with E-state index in [-0.39, 0.29) is 0 Å². The van der Waals surface area contributed by atoms with Gasteiger partial charge in [-0.3, -0.25) is 0 Å². The third-order valence-corrected chi connectivity index (χ3v) is 3.81. The Hall–Kier alpha value is -1.29. The molecular formula is C15H12IN. The molecule has 0 aliphatic heterocycles. The Balaban J connectivity index is 2.07. The van der Waals surface area contributed by atoms with E-state index in [4.69, 9.17) is 0 Å². The van der Waals surface area contributed by atoms with Crippen LogP contribution >= 0.6 is 22.6 Å². The largest absolute Gasteiger partial charge is 0.342 e. The lowest BCUT2D eigenvalue weighted by Crippen LogP contribution is -1.98. The van der Waals surface area contributed by atoms with E-state index in [1.165, 1.54) is 20.0 Å². The molecule has 17 heavy (non-hydrogen) atoms. The minimum absolute atomic E-state index is 0.935.